The van der Waals surface area contributed by atoms with E-state index in [4.69, 9.17) is 37.9 Å². The quantitative estimate of drug-likeness (QED) is 0.0202. The van der Waals surface area contributed by atoms with Gasteiger partial charge in [-0.2, -0.15) is 0 Å². The maximum atomic E-state index is 12.5. The van der Waals surface area contributed by atoms with Crippen LogP contribution in [0.25, 0.3) is 28.4 Å². The van der Waals surface area contributed by atoms with E-state index in [0.717, 1.165) is 30.3 Å². The van der Waals surface area contributed by atoms with Gasteiger partial charge in [-0.1, -0.05) is 12.1 Å². The number of hydrogen-bond donors (Lipinski definition) is 11. The average molecular weight is 844 g/mol. The summed E-state index contributed by atoms with van der Waals surface area (Å²) in [5.41, 5.74) is 0.293. The lowest BCUT2D eigenvalue weighted by Crippen LogP contribution is -2.60. The van der Waals surface area contributed by atoms with Gasteiger partial charge in [-0.05, 0) is 35.9 Å². The maximum Gasteiger partial charge on any atom is 0.402 e. The smallest absolute Gasteiger partial charge is 0.402 e. The molecule has 60 heavy (non-hydrogen) atoms. The molecule has 0 bridgehead atoms. The number of aromatic hydroxyl groups is 3. The molecule has 6 rings (SSSR count). The van der Waals surface area contributed by atoms with Crippen LogP contribution in [-0.4, -0.2) is 149 Å². The summed E-state index contributed by atoms with van der Waals surface area (Å²) < 4.78 is 39.6. The van der Waals surface area contributed by atoms with Gasteiger partial charge in [0.15, 0.2) is 11.5 Å². The normalized spacial score (nSPS) is 26.7. The Labute approximate surface area is 337 Å². The number of aliphatic hydroxyl groups is 7. The van der Waals surface area contributed by atoms with Gasteiger partial charge in [0.1, 0.15) is 84.5 Å². The molecule has 2 saturated heterocycles. The van der Waals surface area contributed by atoms with Crippen molar-refractivity contribution in [3.05, 3.63) is 72.3 Å². The van der Waals surface area contributed by atoms with Crippen LogP contribution in [0.4, 0.5) is 0 Å². The zero-order chi connectivity index (χ0) is 43.4. The highest BCUT2D eigenvalue weighted by atomic mass is 16.7. The summed E-state index contributed by atoms with van der Waals surface area (Å²) in [6.07, 6.45) is -16.6. The van der Waals surface area contributed by atoms with Crippen molar-refractivity contribution in [1.82, 2.24) is 0 Å². The van der Waals surface area contributed by atoms with Crippen molar-refractivity contribution in [1.29, 1.82) is 0 Å². The number of phenols is 3. The van der Waals surface area contributed by atoms with E-state index in [9.17, 15) is 65.4 Å². The second kappa shape index (κ2) is 18.4. The van der Waals surface area contributed by atoms with Gasteiger partial charge in [0.2, 0.25) is 18.3 Å². The molecular weight excluding hydrogens is 804 g/mol. The molecule has 21 heteroatoms. The summed E-state index contributed by atoms with van der Waals surface area (Å²) in [6.45, 7) is -1.49. The summed E-state index contributed by atoms with van der Waals surface area (Å²) in [5.74, 6) is -6.25. The molecule has 2 aliphatic heterocycles. The topological polar surface area (TPSA) is 340 Å². The Hall–Kier alpha value is -6.14. The maximum absolute atomic E-state index is 12.5. The van der Waals surface area contributed by atoms with Crippen LogP contribution in [0.1, 0.15) is 12.0 Å². The molecule has 0 spiro atoms. The minimum atomic E-state index is -1.99. The van der Waals surface area contributed by atoms with Gasteiger partial charge in [0, 0.05) is 24.3 Å². The first kappa shape index (κ1) is 43.4. The van der Waals surface area contributed by atoms with Gasteiger partial charge >= 0.3 is 29.3 Å². The number of fused-ring (bicyclic) bond motifs is 1. The number of carboxylic acids is 1. The number of aliphatic carboxylic acids is 1. The number of carbonyl (C=O) groups is 3. The van der Waals surface area contributed by atoms with Gasteiger partial charge in [-0.25, -0.2) is 9.21 Å². The van der Waals surface area contributed by atoms with Crippen molar-refractivity contribution in [3.8, 4) is 45.8 Å². The summed E-state index contributed by atoms with van der Waals surface area (Å²) in [4.78, 5) is 36.1. The first-order valence-corrected chi connectivity index (χ1v) is 17.9. The third kappa shape index (κ3) is 9.82. The van der Waals surface area contributed by atoms with Gasteiger partial charge in [0.25, 0.3) is 0 Å². The van der Waals surface area contributed by atoms with E-state index < -0.39 is 110 Å². The monoisotopic (exact) mass is 843 g/mol. The average Bonchev–Trinajstić information content (AvgIpc) is 3.21. The number of benzene rings is 3. The van der Waals surface area contributed by atoms with Crippen molar-refractivity contribution in [3.63, 3.8) is 0 Å². The van der Waals surface area contributed by atoms with Crippen molar-refractivity contribution in [2.24, 2.45) is 0 Å². The molecule has 0 amide bonds. The third-order valence-corrected chi connectivity index (χ3v) is 9.25. The number of aliphatic hydroxyl groups excluding tert-OH is 7. The molecule has 320 valence electrons. The molecule has 0 saturated carbocycles. The fourth-order valence-electron chi connectivity index (χ4n) is 6.09. The Balaban J connectivity index is 1.38. The molecule has 4 aromatic rings. The summed E-state index contributed by atoms with van der Waals surface area (Å²) in [6, 6.07) is 12.6. The highest BCUT2D eigenvalue weighted by molar-refractivity contribution is 5.93. The molecule has 21 nitrogen and oxygen atoms in total. The van der Waals surface area contributed by atoms with E-state index >= 15 is 0 Å². The van der Waals surface area contributed by atoms with Gasteiger partial charge in [-0.3, -0.25) is 9.59 Å². The first-order valence-electron chi connectivity index (χ1n) is 17.9. The Morgan fingerprint density at radius 1 is 0.717 bits per heavy atom. The van der Waals surface area contributed by atoms with Crippen LogP contribution in [0.5, 0.6) is 34.5 Å². The lowest BCUT2D eigenvalue weighted by Gasteiger charge is -2.39. The van der Waals surface area contributed by atoms with E-state index in [1.54, 1.807) is 0 Å². The van der Waals surface area contributed by atoms with Crippen LogP contribution in [0.15, 0.2) is 71.2 Å². The zero-order valence-electron chi connectivity index (χ0n) is 30.8. The van der Waals surface area contributed by atoms with Gasteiger partial charge in [-0.15, -0.1) is 0 Å². The molecule has 10 atom stereocenters. The van der Waals surface area contributed by atoms with E-state index in [1.807, 2.05) is 0 Å². The van der Waals surface area contributed by atoms with Crippen molar-refractivity contribution >= 4 is 35.0 Å². The van der Waals surface area contributed by atoms with Gasteiger partial charge in [0.05, 0.1) is 18.2 Å². The van der Waals surface area contributed by atoms with Gasteiger partial charge < -0.3 is 84.6 Å². The van der Waals surface area contributed by atoms with Crippen LogP contribution in [0, 0.1) is 0 Å². The fraction of sp³-hybridized carbons (Fsp3) is 0.333. The molecule has 3 heterocycles. The Bertz CT molecular complexity index is 2220. The SMILES string of the molecule is O=C(O)CC(=O)Oc1cc(O[C@@H]2O[C@H](CO)[C@@H](O)[C@H](O)[C@H]2O)c2cc(O[C@@H]3O[C@H](COC(=O)C=Cc4ccc(O)cc4)[C@@H](O)[C@H](O)[C@H]3O)c(-c3ccc(O)c(O)c3)[o+]c2c1. The Morgan fingerprint density at radius 3 is 1.98 bits per heavy atom. The van der Waals surface area contributed by atoms with Crippen LogP contribution >= 0.6 is 0 Å². The lowest BCUT2D eigenvalue weighted by molar-refractivity contribution is -0.278. The van der Waals surface area contributed by atoms with E-state index in [1.165, 1.54) is 42.5 Å². The summed E-state index contributed by atoms with van der Waals surface area (Å²) in [7, 11) is 0. The third-order valence-electron chi connectivity index (χ3n) is 9.25. The molecule has 2 fully saturated rings. The number of hydrogen-bond acceptors (Lipinski definition) is 19. The fourth-order valence-corrected chi connectivity index (χ4v) is 6.09. The largest absolute Gasteiger partial charge is 0.508 e. The van der Waals surface area contributed by atoms with Crippen LogP contribution in [-0.2, 0) is 28.6 Å². The summed E-state index contributed by atoms with van der Waals surface area (Å²) in [5, 5.41) is 112. The number of carbonyl (C=O) groups excluding carboxylic acids is 2. The predicted octanol–water partition coefficient (Wildman–Crippen LogP) is -0.500. The molecule has 11 N–H and O–H groups in total. The Morgan fingerprint density at radius 2 is 1.35 bits per heavy atom. The molecule has 0 aliphatic carbocycles. The number of rotatable bonds is 13. The molecule has 1 aromatic heterocycles. The summed E-state index contributed by atoms with van der Waals surface area (Å²) >= 11 is 0. The van der Waals surface area contributed by atoms with E-state index in [-0.39, 0.29) is 45.3 Å². The second-order valence-electron chi connectivity index (χ2n) is 13.5. The lowest BCUT2D eigenvalue weighted by atomic mass is 9.99. The van der Waals surface area contributed by atoms with Crippen LogP contribution in [0.3, 0.4) is 0 Å². The standard InChI is InChI=1S/C39H38O21/c40-14-26-31(48)33(50)35(52)38(59-26)57-24-11-19(55-30(47)13-28(44)45)10-23-20(24)12-25(37(56-23)17-4-7-21(42)22(43)9-17)58-39-36(53)34(51)32(49)27(60-39)15-54-29(46)8-3-16-1-5-18(41)6-2-16/h1-12,26-27,31-36,38-40,48-53H,13-15H2,(H3-,41,42,43,44,45,46)/p+1/t26-,27-,31-,32-,33+,34+,35-,36-,38-,39-/m1/s1. The minimum Gasteiger partial charge on any atom is -0.508 e. The molecular formula is C39H39O21+. The number of phenolic OH excluding ortho intramolecular Hbond substituents is 3. The van der Waals surface area contributed by atoms with E-state index in [0.29, 0.717) is 5.56 Å². The number of carboxylic acid groups (broad SMARTS) is 1. The van der Waals surface area contributed by atoms with E-state index in [2.05, 4.69) is 0 Å². The number of ether oxygens (including phenoxy) is 6. The van der Waals surface area contributed by atoms with Crippen molar-refractivity contribution in [2.75, 3.05) is 13.2 Å². The number of esters is 2. The molecule has 3 aromatic carbocycles. The van der Waals surface area contributed by atoms with Crippen molar-refractivity contribution in [2.45, 2.75) is 67.8 Å². The zero-order valence-corrected chi connectivity index (χ0v) is 30.8. The molecule has 0 radical (unpaired) electrons. The molecule has 0 unspecified atom stereocenters. The van der Waals surface area contributed by atoms with Crippen LogP contribution in [0.2, 0.25) is 0 Å². The second-order valence-corrected chi connectivity index (χ2v) is 13.5. The first-order chi connectivity index (χ1) is 28.5. The molecule has 2 aliphatic rings. The van der Waals surface area contributed by atoms with Crippen LogP contribution < -0.4 is 14.2 Å². The highest BCUT2D eigenvalue weighted by Gasteiger charge is 2.47. The highest BCUT2D eigenvalue weighted by Crippen LogP contribution is 2.43. The minimum absolute atomic E-state index is 0.00891. The van der Waals surface area contributed by atoms with Crippen molar-refractivity contribution < 1.29 is 103 Å². The predicted molar refractivity (Wildman–Crippen MR) is 197 cm³/mol. The Kier molecular flexibility index (Phi) is 13.3.